The van der Waals surface area contributed by atoms with Gasteiger partial charge in [0.15, 0.2) is 22.9 Å². The van der Waals surface area contributed by atoms with Crippen molar-refractivity contribution in [2.75, 3.05) is 27.4 Å². The van der Waals surface area contributed by atoms with Gasteiger partial charge in [-0.3, -0.25) is 9.36 Å². The number of hydrogen-bond donors (Lipinski definition) is 0. The largest absolute Gasteiger partial charge is 0.493 e. The first-order valence-electron chi connectivity index (χ1n) is 13.3. The summed E-state index contributed by atoms with van der Waals surface area (Å²) >= 11 is 5.54. The summed E-state index contributed by atoms with van der Waals surface area (Å²) in [6, 6.07) is 19.6. The van der Waals surface area contributed by atoms with Crippen molar-refractivity contribution in [3.05, 3.63) is 110 Å². The van der Waals surface area contributed by atoms with Crippen LogP contribution in [-0.2, 0) is 9.53 Å². The number of esters is 1. The standard InChI is InChI=1S/C32H25I2N3O6S/c1-4-42-31(39)26-27(19-8-6-5-7-9-19)36-32-37(28(26)20-10-11-23(40-2)24(17-20)41-3)30(38)25(44-32)16-18-14-21(33)29(22(34)15-18)43-13-12-35/h5-11,14-17,28H,4,13H2,1-3H3/b25-16-/t28-/m1/s1. The number of rotatable bonds is 9. The van der Waals surface area contributed by atoms with Crippen molar-refractivity contribution in [2.45, 2.75) is 13.0 Å². The van der Waals surface area contributed by atoms with Crippen LogP contribution in [0.3, 0.4) is 0 Å². The minimum absolute atomic E-state index is 0.0629. The lowest BCUT2D eigenvalue weighted by Gasteiger charge is -2.26. The van der Waals surface area contributed by atoms with E-state index in [2.05, 4.69) is 45.2 Å². The van der Waals surface area contributed by atoms with E-state index in [1.54, 1.807) is 38.3 Å². The van der Waals surface area contributed by atoms with Gasteiger partial charge in [0.25, 0.3) is 5.56 Å². The Hall–Kier alpha value is -3.68. The Morgan fingerprint density at radius 3 is 2.41 bits per heavy atom. The summed E-state index contributed by atoms with van der Waals surface area (Å²) in [5, 5.41) is 8.93. The van der Waals surface area contributed by atoms with Crippen LogP contribution in [0.4, 0.5) is 0 Å². The van der Waals surface area contributed by atoms with Crippen molar-refractivity contribution in [2.24, 2.45) is 4.99 Å². The monoisotopic (exact) mass is 833 g/mol. The van der Waals surface area contributed by atoms with Gasteiger partial charge in [-0.25, -0.2) is 9.79 Å². The van der Waals surface area contributed by atoms with Crippen LogP contribution in [0.1, 0.15) is 29.7 Å². The van der Waals surface area contributed by atoms with E-state index in [1.807, 2.05) is 48.5 Å². The van der Waals surface area contributed by atoms with Crippen molar-refractivity contribution < 1.29 is 23.7 Å². The molecule has 4 aromatic rings. The zero-order chi connectivity index (χ0) is 31.4. The average molecular weight is 833 g/mol. The minimum atomic E-state index is -0.857. The molecule has 0 fully saturated rings. The van der Waals surface area contributed by atoms with Crippen LogP contribution in [0.15, 0.2) is 76.0 Å². The van der Waals surface area contributed by atoms with E-state index in [0.29, 0.717) is 37.8 Å². The van der Waals surface area contributed by atoms with E-state index < -0.39 is 12.0 Å². The highest BCUT2D eigenvalue weighted by Crippen LogP contribution is 2.38. The lowest BCUT2D eigenvalue weighted by molar-refractivity contribution is -0.138. The first-order chi connectivity index (χ1) is 21.3. The third-order valence-electron chi connectivity index (χ3n) is 6.70. The average Bonchev–Trinajstić information content (AvgIpc) is 3.34. The molecule has 0 unspecified atom stereocenters. The molecule has 1 aliphatic rings. The molecule has 3 aromatic carbocycles. The Labute approximate surface area is 284 Å². The zero-order valence-corrected chi connectivity index (χ0v) is 28.9. The van der Waals surface area contributed by atoms with Gasteiger partial charge in [0.05, 0.1) is 49.8 Å². The number of carbonyl (C=O) groups is 1. The first kappa shape index (κ1) is 31.7. The highest BCUT2D eigenvalue weighted by molar-refractivity contribution is 14.1. The van der Waals surface area contributed by atoms with Crippen LogP contribution in [0.25, 0.3) is 11.8 Å². The van der Waals surface area contributed by atoms with E-state index in [4.69, 9.17) is 29.2 Å². The molecule has 0 radical (unpaired) electrons. The summed E-state index contributed by atoms with van der Waals surface area (Å²) in [7, 11) is 3.08. The molecule has 2 heterocycles. The highest BCUT2D eigenvalue weighted by Gasteiger charge is 2.35. The molecule has 0 saturated carbocycles. The Morgan fingerprint density at radius 2 is 1.77 bits per heavy atom. The lowest BCUT2D eigenvalue weighted by Crippen LogP contribution is -2.40. The SMILES string of the molecule is CCOC(=O)C1=C(c2ccccc2)N=c2s/c(=C\c3cc(I)c(OCC#N)c(I)c3)c(=O)n2[C@@H]1c1ccc(OC)c(OC)c1. The summed E-state index contributed by atoms with van der Waals surface area (Å²) in [6.07, 6.45) is 1.80. The predicted octanol–water partition coefficient (Wildman–Crippen LogP) is 5.06. The van der Waals surface area contributed by atoms with Crippen LogP contribution >= 0.6 is 56.5 Å². The van der Waals surface area contributed by atoms with Crippen LogP contribution < -0.4 is 29.1 Å². The summed E-state index contributed by atoms with van der Waals surface area (Å²) in [6.45, 7) is 1.83. The van der Waals surface area contributed by atoms with Crippen LogP contribution in [0, 0.1) is 18.5 Å². The minimum Gasteiger partial charge on any atom is -0.493 e. The molecule has 9 nitrogen and oxygen atoms in total. The molecule has 0 bridgehead atoms. The number of methoxy groups -OCH3 is 2. The highest BCUT2D eigenvalue weighted by atomic mass is 127. The second-order valence-corrected chi connectivity index (χ2v) is 12.6. The van der Waals surface area contributed by atoms with Gasteiger partial charge in [-0.1, -0.05) is 47.7 Å². The molecule has 0 spiro atoms. The number of fused-ring (bicyclic) bond motifs is 1. The van der Waals surface area contributed by atoms with Gasteiger partial charge in [-0.2, -0.15) is 5.26 Å². The molecule has 0 amide bonds. The zero-order valence-electron chi connectivity index (χ0n) is 23.8. The molecule has 0 N–H and O–H groups in total. The molecule has 5 rings (SSSR count). The summed E-state index contributed by atoms with van der Waals surface area (Å²) in [4.78, 5) is 33.2. The summed E-state index contributed by atoms with van der Waals surface area (Å²) in [5.74, 6) is 1.02. The molecular formula is C32H25I2N3O6S. The van der Waals surface area contributed by atoms with Gasteiger partial charge in [0.2, 0.25) is 0 Å². The Kier molecular flexibility index (Phi) is 10.1. The van der Waals surface area contributed by atoms with Gasteiger partial charge in [0.1, 0.15) is 11.8 Å². The Bertz CT molecular complexity index is 1970. The van der Waals surface area contributed by atoms with Crippen molar-refractivity contribution in [3.8, 4) is 23.3 Å². The molecule has 0 saturated heterocycles. The lowest BCUT2D eigenvalue weighted by atomic mass is 9.93. The fraction of sp³-hybridized carbons (Fsp3) is 0.188. The number of carbonyl (C=O) groups excluding carboxylic acids is 1. The number of aromatic nitrogens is 1. The smallest absolute Gasteiger partial charge is 0.338 e. The van der Waals surface area contributed by atoms with Crippen molar-refractivity contribution in [1.82, 2.24) is 4.57 Å². The molecule has 224 valence electrons. The fourth-order valence-corrected chi connectivity index (χ4v) is 7.96. The van der Waals surface area contributed by atoms with Crippen LogP contribution in [0.2, 0.25) is 0 Å². The van der Waals surface area contributed by atoms with E-state index in [1.165, 1.54) is 23.0 Å². The fourth-order valence-electron chi connectivity index (χ4n) is 4.84. The second-order valence-electron chi connectivity index (χ2n) is 9.31. The Balaban J connectivity index is 1.79. The van der Waals surface area contributed by atoms with E-state index in [0.717, 1.165) is 18.3 Å². The molecular weight excluding hydrogens is 808 g/mol. The van der Waals surface area contributed by atoms with Gasteiger partial charge in [-0.15, -0.1) is 0 Å². The number of halogens is 2. The quantitative estimate of drug-likeness (QED) is 0.171. The normalized spacial score (nSPS) is 14.4. The second kappa shape index (κ2) is 14.0. The molecule has 44 heavy (non-hydrogen) atoms. The molecule has 12 heteroatoms. The number of nitriles is 1. The molecule has 1 aromatic heterocycles. The number of nitrogens with zero attached hydrogens (tertiary/aromatic N) is 3. The predicted molar refractivity (Wildman–Crippen MR) is 184 cm³/mol. The van der Waals surface area contributed by atoms with Crippen LogP contribution in [0.5, 0.6) is 17.2 Å². The number of benzene rings is 3. The Morgan fingerprint density at radius 1 is 1.07 bits per heavy atom. The number of thiazole rings is 1. The van der Waals surface area contributed by atoms with Gasteiger partial charge < -0.3 is 18.9 Å². The number of ether oxygens (including phenoxy) is 4. The van der Waals surface area contributed by atoms with Gasteiger partial charge >= 0.3 is 5.97 Å². The first-order valence-corrected chi connectivity index (χ1v) is 16.3. The summed E-state index contributed by atoms with van der Waals surface area (Å²) < 4.78 is 25.7. The van der Waals surface area contributed by atoms with Gasteiger partial charge in [-0.05, 0) is 93.6 Å². The number of hydrogen-bond acceptors (Lipinski definition) is 9. The van der Waals surface area contributed by atoms with E-state index in [-0.39, 0.29) is 24.3 Å². The molecule has 0 aliphatic carbocycles. The van der Waals surface area contributed by atoms with Crippen LogP contribution in [-0.4, -0.2) is 38.0 Å². The topological polar surface area (TPSA) is 112 Å². The molecule has 1 atom stereocenters. The van der Waals surface area contributed by atoms with Crippen molar-refractivity contribution >= 4 is 74.3 Å². The van der Waals surface area contributed by atoms with Crippen molar-refractivity contribution in [3.63, 3.8) is 0 Å². The maximum atomic E-state index is 14.2. The summed E-state index contributed by atoms with van der Waals surface area (Å²) in [5.41, 5.74) is 2.49. The maximum absolute atomic E-state index is 14.2. The van der Waals surface area contributed by atoms with Gasteiger partial charge in [0, 0.05) is 5.56 Å². The molecule has 1 aliphatic heterocycles. The third-order valence-corrected chi connectivity index (χ3v) is 9.28. The van der Waals surface area contributed by atoms with E-state index in [9.17, 15) is 9.59 Å². The van der Waals surface area contributed by atoms with E-state index >= 15 is 0 Å². The third kappa shape index (κ3) is 6.26. The van der Waals surface area contributed by atoms with Crippen molar-refractivity contribution in [1.29, 1.82) is 5.26 Å². The maximum Gasteiger partial charge on any atom is 0.338 e.